The van der Waals surface area contributed by atoms with Crippen molar-refractivity contribution in [3.05, 3.63) is 0 Å². The van der Waals surface area contributed by atoms with Crippen molar-refractivity contribution in [1.82, 2.24) is 10.2 Å². The smallest absolute Gasteiger partial charge is 0.194 e. The lowest BCUT2D eigenvalue weighted by Crippen LogP contribution is -2.52. The molecule has 0 radical (unpaired) electrons. The molecule has 4 rings (SSSR count). The summed E-state index contributed by atoms with van der Waals surface area (Å²) in [6.07, 6.45) is 5.32. The Morgan fingerprint density at radius 1 is 1.23 bits per heavy atom. The highest BCUT2D eigenvalue weighted by Gasteiger charge is 2.42. The van der Waals surface area contributed by atoms with Crippen molar-refractivity contribution < 1.29 is 17.9 Å². The summed E-state index contributed by atoms with van der Waals surface area (Å²) in [5.74, 6) is 1.56. The Balaban J connectivity index is 1.42. The van der Waals surface area contributed by atoms with Crippen LogP contribution in [0.1, 0.15) is 39.0 Å². The van der Waals surface area contributed by atoms with Crippen LogP contribution < -0.4 is 5.32 Å². The van der Waals surface area contributed by atoms with Crippen molar-refractivity contribution in [1.29, 1.82) is 0 Å². The minimum Gasteiger partial charge on any atom is -0.354 e. The third-order valence-corrected chi connectivity index (χ3v) is 7.90. The Bertz CT molecular complexity index is 641. The third-order valence-electron chi connectivity index (χ3n) is 6.06. The first-order valence-corrected chi connectivity index (χ1v) is 11.8. The van der Waals surface area contributed by atoms with E-state index in [1.54, 1.807) is 0 Å². The van der Waals surface area contributed by atoms with E-state index in [1.807, 2.05) is 0 Å². The van der Waals surface area contributed by atoms with Crippen molar-refractivity contribution in [3.63, 3.8) is 0 Å². The molecular weight excluding hydrogens is 354 g/mol. The van der Waals surface area contributed by atoms with Crippen LogP contribution in [0, 0.1) is 11.8 Å². The van der Waals surface area contributed by atoms with E-state index in [2.05, 4.69) is 17.1 Å². The van der Waals surface area contributed by atoms with Crippen LogP contribution in [0.2, 0.25) is 0 Å². The monoisotopic (exact) mass is 385 g/mol. The van der Waals surface area contributed by atoms with Gasteiger partial charge in [-0.15, -0.1) is 0 Å². The van der Waals surface area contributed by atoms with Gasteiger partial charge in [-0.2, -0.15) is 0 Å². The molecule has 1 aliphatic carbocycles. The molecule has 0 amide bonds. The summed E-state index contributed by atoms with van der Waals surface area (Å²) >= 11 is 0. The minimum absolute atomic E-state index is 0.163. The van der Waals surface area contributed by atoms with E-state index in [4.69, 9.17) is 14.5 Å². The summed E-state index contributed by atoms with van der Waals surface area (Å²) in [6, 6.07) is 0.524. The van der Waals surface area contributed by atoms with Crippen LogP contribution in [0.15, 0.2) is 4.99 Å². The molecule has 2 atom stereocenters. The number of guanidine groups is 1. The number of hydrogen-bond donors (Lipinski definition) is 1. The molecule has 0 spiro atoms. The first-order chi connectivity index (χ1) is 12.4. The number of likely N-dealkylation sites (tertiary alicyclic amines) is 1. The van der Waals surface area contributed by atoms with E-state index >= 15 is 0 Å². The van der Waals surface area contributed by atoms with E-state index in [0.717, 1.165) is 38.3 Å². The first kappa shape index (κ1) is 18.5. The molecule has 1 saturated carbocycles. The molecule has 3 saturated heterocycles. The molecule has 4 fully saturated rings. The standard InChI is InChI=1S/C18H31N3O4S/c1-18(24-8-9-25-18)15-3-2-7-21(12-15)17(20-16-4-5-16)19-11-14-6-10-26(22,23)13-14/h14-16H,2-13H2,1H3,(H,19,20). The SMILES string of the molecule is CC1(C2CCCN(C(=NCC3CCS(=O)(=O)C3)NC3CC3)C2)OCCO1. The Morgan fingerprint density at radius 3 is 2.65 bits per heavy atom. The molecule has 148 valence electrons. The fourth-order valence-corrected chi connectivity index (χ4v) is 6.09. The van der Waals surface area contributed by atoms with Crippen molar-refractivity contribution in [2.45, 2.75) is 50.9 Å². The predicted octanol–water partition coefficient (Wildman–Crippen LogP) is 1.00. The molecular formula is C18H31N3O4S. The molecule has 0 aromatic rings. The van der Waals surface area contributed by atoms with Gasteiger partial charge in [-0.1, -0.05) is 0 Å². The lowest BCUT2D eigenvalue weighted by Gasteiger charge is -2.41. The van der Waals surface area contributed by atoms with E-state index in [0.29, 0.717) is 37.5 Å². The number of sulfone groups is 1. The van der Waals surface area contributed by atoms with E-state index in [1.165, 1.54) is 12.8 Å². The van der Waals surface area contributed by atoms with Gasteiger partial charge < -0.3 is 19.7 Å². The Labute approximate surface area is 156 Å². The first-order valence-electron chi connectivity index (χ1n) is 9.98. The van der Waals surface area contributed by atoms with Crippen molar-refractivity contribution in [2.24, 2.45) is 16.8 Å². The predicted molar refractivity (Wildman–Crippen MR) is 99.8 cm³/mol. The molecule has 8 heteroatoms. The van der Waals surface area contributed by atoms with Crippen molar-refractivity contribution in [2.75, 3.05) is 44.4 Å². The number of hydrogen-bond acceptors (Lipinski definition) is 5. The molecule has 0 bridgehead atoms. The second-order valence-electron chi connectivity index (χ2n) is 8.35. The molecule has 3 aliphatic heterocycles. The summed E-state index contributed by atoms with van der Waals surface area (Å²) in [5, 5.41) is 3.57. The fourth-order valence-electron chi connectivity index (χ4n) is 4.24. The van der Waals surface area contributed by atoms with Crippen LogP contribution >= 0.6 is 0 Å². The van der Waals surface area contributed by atoms with Crippen LogP contribution in [0.25, 0.3) is 0 Å². The van der Waals surface area contributed by atoms with Gasteiger partial charge in [-0.05, 0) is 44.9 Å². The van der Waals surface area contributed by atoms with Crippen molar-refractivity contribution >= 4 is 15.8 Å². The normalized spacial score (nSPS) is 34.2. The van der Waals surface area contributed by atoms with Crippen LogP contribution in [-0.4, -0.2) is 75.5 Å². The molecule has 3 heterocycles. The average Bonchev–Trinajstić information content (AvgIpc) is 3.22. The van der Waals surface area contributed by atoms with Gasteiger partial charge in [0.1, 0.15) is 0 Å². The maximum Gasteiger partial charge on any atom is 0.194 e. The lowest BCUT2D eigenvalue weighted by atomic mass is 9.90. The Morgan fingerprint density at radius 2 is 2.00 bits per heavy atom. The highest BCUT2D eigenvalue weighted by atomic mass is 32.2. The largest absolute Gasteiger partial charge is 0.354 e. The second-order valence-corrected chi connectivity index (χ2v) is 10.6. The average molecular weight is 386 g/mol. The number of aliphatic imine (C=N–C) groups is 1. The highest BCUT2D eigenvalue weighted by Crippen LogP contribution is 2.34. The molecule has 26 heavy (non-hydrogen) atoms. The summed E-state index contributed by atoms with van der Waals surface area (Å²) in [5.41, 5.74) is 0. The molecule has 2 unspecified atom stereocenters. The summed E-state index contributed by atoms with van der Waals surface area (Å²) in [6.45, 7) is 5.85. The Kier molecular flexibility index (Phi) is 5.18. The zero-order valence-corrected chi connectivity index (χ0v) is 16.5. The maximum atomic E-state index is 11.7. The maximum absolute atomic E-state index is 11.7. The van der Waals surface area contributed by atoms with E-state index in [-0.39, 0.29) is 11.7 Å². The number of ether oxygens (including phenoxy) is 2. The number of piperidine rings is 1. The third kappa shape index (κ3) is 4.34. The second kappa shape index (κ2) is 7.28. The zero-order valence-electron chi connectivity index (χ0n) is 15.7. The minimum atomic E-state index is -2.84. The quantitative estimate of drug-likeness (QED) is 0.575. The highest BCUT2D eigenvalue weighted by molar-refractivity contribution is 7.91. The molecule has 4 aliphatic rings. The number of nitrogens with one attached hydrogen (secondary N) is 1. The van der Waals surface area contributed by atoms with Crippen LogP contribution in [-0.2, 0) is 19.3 Å². The number of nitrogens with zero attached hydrogens (tertiary/aromatic N) is 2. The number of rotatable bonds is 4. The van der Waals surface area contributed by atoms with Gasteiger partial charge in [0, 0.05) is 31.6 Å². The zero-order chi connectivity index (χ0) is 18.2. The topological polar surface area (TPSA) is 80.2 Å². The summed E-state index contributed by atoms with van der Waals surface area (Å²) in [7, 11) is -2.84. The van der Waals surface area contributed by atoms with Gasteiger partial charge in [0.05, 0.1) is 24.7 Å². The fraction of sp³-hybridized carbons (Fsp3) is 0.944. The van der Waals surface area contributed by atoms with Crippen LogP contribution in [0.3, 0.4) is 0 Å². The van der Waals surface area contributed by atoms with Gasteiger partial charge >= 0.3 is 0 Å². The van der Waals surface area contributed by atoms with Crippen LogP contribution in [0.4, 0.5) is 0 Å². The molecule has 1 N–H and O–H groups in total. The van der Waals surface area contributed by atoms with Gasteiger partial charge in [-0.3, -0.25) is 4.99 Å². The van der Waals surface area contributed by atoms with Gasteiger partial charge in [0.2, 0.25) is 0 Å². The summed E-state index contributed by atoms with van der Waals surface area (Å²) in [4.78, 5) is 7.17. The lowest BCUT2D eigenvalue weighted by molar-refractivity contribution is -0.189. The summed E-state index contributed by atoms with van der Waals surface area (Å²) < 4.78 is 35.2. The van der Waals surface area contributed by atoms with E-state index in [9.17, 15) is 8.42 Å². The van der Waals surface area contributed by atoms with Gasteiger partial charge in [0.15, 0.2) is 21.6 Å². The van der Waals surface area contributed by atoms with Gasteiger partial charge in [0.25, 0.3) is 0 Å². The van der Waals surface area contributed by atoms with Crippen molar-refractivity contribution in [3.8, 4) is 0 Å². The Hall–Kier alpha value is -0.860. The molecule has 0 aromatic heterocycles. The molecule has 7 nitrogen and oxygen atoms in total. The van der Waals surface area contributed by atoms with Gasteiger partial charge in [-0.25, -0.2) is 8.42 Å². The van der Waals surface area contributed by atoms with Crippen LogP contribution in [0.5, 0.6) is 0 Å². The molecule has 0 aromatic carbocycles. The van der Waals surface area contributed by atoms with E-state index < -0.39 is 15.6 Å².